The molecule has 0 bridgehead atoms. The van der Waals surface area contributed by atoms with Gasteiger partial charge in [0.25, 0.3) is 5.91 Å². The van der Waals surface area contributed by atoms with Crippen LogP contribution in [0.2, 0.25) is 0 Å². The molecule has 0 saturated carbocycles. The number of anilines is 1. The van der Waals surface area contributed by atoms with Crippen molar-refractivity contribution >= 4 is 32.6 Å². The first-order valence-corrected chi connectivity index (χ1v) is 9.56. The van der Waals surface area contributed by atoms with Gasteiger partial charge in [0.1, 0.15) is 0 Å². The third kappa shape index (κ3) is 3.05. The normalized spacial score (nSPS) is 12.3. The number of fused-ring (bicyclic) bond motifs is 2. The summed E-state index contributed by atoms with van der Waals surface area (Å²) in [5.74, 6) is 1.06. The molecule has 0 saturated heterocycles. The number of thiazole rings is 1. The molecular weight excluding hydrogens is 374 g/mol. The van der Waals surface area contributed by atoms with Gasteiger partial charge in [-0.25, -0.2) is 4.98 Å². The molecule has 6 nitrogen and oxygen atoms in total. The number of rotatable bonds is 4. The molecule has 0 atom stereocenters. The van der Waals surface area contributed by atoms with E-state index in [1.807, 2.05) is 42.5 Å². The quantitative estimate of drug-likeness (QED) is 0.522. The van der Waals surface area contributed by atoms with E-state index in [4.69, 9.17) is 9.47 Å². The van der Waals surface area contributed by atoms with E-state index >= 15 is 0 Å². The second-order valence-electron chi connectivity index (χ2n) is 6.24. The molecule has 1 aliphatic heterocycles. The Balaban J connectivity index is 1.55. The zero-order chi connectivity index (χ0) is 18.9. The van der Waals surface area contributed by atoms with Gasteiger partial charge in [-0.2, -0.15) is 0 Å². The minimum Gasteiger partial charge on any atom is -0.454 e. The summed E-state index contributed by atoms with van der Waals surface area (Å²) in [6.07, 6.45) is 1.72. The van der Waals surface area contributed by atoms with E-state index < -0.39 is 0 Å². The summed E-state index contributed by atoms with van der Waals surface area (Å²) in [6, 6.07) is 18.7. The fraction of sp³-hybridized carbons (Fsp3) is 0.0952. The summed E-state index contributed by atoms with van der Waals surface area (Å²) >= 11 is 1.48. The third-order valence-electron chi connectivity index (χ3n) is 4.42. The van der Waals surface area contributed by atoms with E-state index in [-0.39, 0.29) is 12.7 Å². The number of aromatic nitrogens is 2. The van der Waals surface area contributed by atoms with E-state index in [2.05, 4.69) is 9.97 Å². The van der Waals surface area contributed by atoms with Crippen LogP contribution in [0.25, 0.3) is 10.2 Å². The lowest BCUT2D eigenvalue weighted by atomic mass is 10.1. The van der Waals surface area contributed by atoms with Crippen LogP contribution in [0, 0.1) is 0 Å². The second kappa shape index (κ2) is 6.94. The molecule has 0 aliphatic carbocycles. The number of carbonyl (C=O) groups excluding carboxylic acids is 1. The first-order chi connectivity index (χ1) is 13.8. The number of pyridine rings is 1. The van der Waals surface area contributed by atoms with E-state index in [0.29, 0.717) is 28.7 Å². The molecule has 138 valence electrons. The Morgan fingerprint density at radius 3 is 2.75 bits per heavy atom. The van der Waals surface area contributed by atoms with Crippen molar-refractivity contribution in [2.45, 2.75) is 6.54 Å². The highest BCUT2D eigenvalue weighted by molar-refractivity contribution is 7.22. The largest absolute Gasteiger partial charge is 0.454 e. The van der Waals surface area contributed by atoms with Crippen molar-refractivity contribution in [1.29, 1.82) is 0 Å². The van der Waals surface area contributed by atoms with Gasteiger partial charge < -0.3 is 9.47 Å². The number of hydrogen-bond acceptors (Lipinski definition) is 6. The SMILES string of the molecule is O=C(c1ccc2c(c1)OCO2)N(Cc1ccccn1)c1nc2ccccc2s1. The first-order valence-electron chi connectivity index (χ1n) is 8.75. The number of amides is 1. The monoisotopic (exact) mass is 389 g/mol. The molecule has 0 unspecified atom stereocenters. The van der Waals surface area contributed by atoms with Crippen molar-refractivity contribution in [3.05, 3.63) is 78.1 Å². The van der Waals surface area contributed by atoms with Crippen LogP contribution in [0.5, 0.6) is 11.5 Å². The maximum absolute atomic E-state index is 13.4. The minimum absolute atomic E-state index is 0.164. The van der Waals surface area contributed by atoms with Gasteiger partial charge in [0.05, 0.1) is 22.5 Å². The van der Waals surface area contributed by atoms with Crippen LogP contribution in [-0.2, 0) is 6.54 Å². The molecule has 0 N–H and O–H groups in total. The Morgan fingerprint density at radius 2 is 1.89 bits per heavy atom. The van der Waals surface area contributed by atoms with Crippen LogP contribution >= 0.6 is 11.3 Å². The number of benzene rings is 2. The van der Waals surface area contributed by atoms with Crippen molar-refractivity contribution in [2.24, 2.45) is 0 Å². The highest BCUT2D eigenvalue weighted by Gasteiger charge is 2.24. The molecule has 1 aliphatic rings. The lowest BCUT2D eigenvalue weighted by molar-refractivity contribution is 0.0984. The lowest BCUT2D eigenvalue weighted by Crippen LogP contribution is -2.30. The van der Waals surface area contributed by atoms with E-state index in [9.17, 15) is 4.79 Å². The number of carbonyl (C=O) groups is 1. The Kier molecular flexibility index (Phi) is 4.14. The van der Waals surface area contributed by atoms with Crippen molar-refractivity contribution < 1.29 is 14.3 Å². The Labute approximate surface area is 165 Å². The smallest absolute Gasteiger partial charge is 0.260 e. The average Bonchev–Trinajstić information content (AvgIpc) is 3.38. The van der Waals surface area contributed by atoms with E-state index in [1.54, 1.807) is 29.3 Å². The molecule has 5 rings (SSSR count). The molecule has 2 aromatic carbocycles. The maximum Gasteiger partial charge on any atom is 0.260 e. The Bertz CT molecular complexity index is 1130. The van der Waals surface area contributed by atoms with Gasteiger partial charge in [-0.1, -0.05) is 29.5 Å². The molecule has 28 heavy (non-hydrogen) atoms. The van der Waals surface area contributed by atoms with Gasteiger partial charge in [0.2, 0.25) is 6.79 Å². The summed E-state index contributed by atoms with van der Waals surface area (Å²) in [6.45, 7) is 0.496. The first kappa shape index (κ1) is 16.7. The molecule has 2 aromatic heterocycles. The highest BCUT2D eigenvalue weighted by Crippen LogP contribution is 2.35. The zero-order valence-electron chi connectivity index (χ0n) is 14.7. The summed E-state index contributed by atoms with van der Waals surface area (Å²) in [4.78, 5) is 24.1. The van der Waals surface area contributed by atoms with Gasteiger partial charge in [-0.3, -0.25) is 14.7 Å². The molecule has 7 heteroatoms. The molecule has 0 radical (unpaired) electrons. The average molecular weight is 389 g/mol. The fourth-order valence-corrected chi connectivity index (χ4v) is 4.00. The van der Waals surface area contributed by atoms with Crippen LogP contribution in [-0.4, -0.2) is 22.7 Å². The third-order valence-corrected chi connectivity index (χ3v) is 5.48. The molecule has 0 spiro atoms. The van der Waals surface area contributed by atoms with E-state index in [0.717, 1.165) is 15.9 Å². The standard InChI is InChI=1S/C21H15N3O3S/c25-20(14-8-9-17-18(11-14)27-13-26-17)24(12-15-5-3-4-10-22-15)21-23-16-6-1-2-7-19(16)28-21/h1-11H,12-13H2. The maximum atomic E-state index is 13.4. The predicted molar refractivity (Wildman–Crippen MR) is 107 cm³/mol. The van der Waals surface area contributed by atoms with Gasteiger partial charge in [0, 0.05) is 11.8 Å². The Hall–Kier alpha value is -3.45. The van der Waals surface area contributed by atoms with Gasteiger partial charge >= 0.3 is 0 Å². The summed E-state index contributed by atoms with van der Waals surface area (Å²) in [5.41, 5.74) is 2.17. The molecule has 3 heterocycles. The van der Waals surface area contributed by atoms with E-state index in [1.165, 1.54) is 11.3 Å². The van der Waals surface area contributed by atoms with Gasteiger partial charge in [0.15, 0.2) is 16.6 Å². The highest BCUT2D eigenvalue weighted by atomic mass is 32.1. The number of hydrogen-bond donors (Lipinski definition) is 0. The van der Waals surface area contributed by atoms with Crippen LogP contribution in [0.3, 0.4) is 0 Å². The summed E-state index contributed by atoms with van der Waals surface area (Å²) in [5, 5.41) is 0.634. The second-order valence-corrected chi connectivity index (χ2v) is 7.25. The minimum atomic E-state index is -0.164. The van der Waals surface area contributed by atoms with Crippen LogP contribution < -0.4 is 14.4 Å². The summed E-state index contributed by atoms with van der Waals surface area (Å²) in [7, 11) is 0. The van der Waals surface area contributed by atoms with Gasteiger partial charge in [-0.05, 0) is 42.5 Å². The summed E-state index contributed by atoms with van der Waals surface area (Å²) < 4.78 is 11.8. The van der Waals surface area contributed by atoms with Crippen molar-refractivity contribution in [1.82, 2.24) is 9.97 Å². The van der Waals surface area contributed by atoms with Crippen molar-refractivity contribution in [3.8, 4) is 11.5 Å². The molecule has 4 aromatic rings. The molecule has 1 amide bonds. The fourth-order valence-electron chi connectivity index (χ4n) is 3.04. The number of ether oxygens (including phenoxy) is 2. The number of nitrogens with zero attached hydrogens (tertiary/aromatic N) is 3. The van der Waals surface area contributed by atoms with Crippen LogP contribution in [0.4, 0.5) is 5.13 Å². The topological polar surface area (TPSA) is 64.6 Å². The molecular formula is C21H15N3O3S. The molecule has 0 fully saturated rings. The Morgan fingerprint density at radius 1 is 1.04 bits per heavy atom. The van der Waals surface area contributed by atoms with Crippen LogP contribution in [0.15, 0.2) is 66.9 Å². The number of para-hydroxylation sites is 1. The zero-order valence-corrected chi connectivity index (χ0v) is 15.6. The lowest BCUT2D eigenvalue weighted by Gasteiger charge is -2.19. The van der Waals surface area contributed by atoms with Gasteiger partial charge in [-0.15, -0.1) is 0 Å². The van der Waals surface area contributed by atoms with Crippen LogP contribution in [0.1, 0.15) is 16.1 Å². The van der Waals surface area contributed by atoms with Crippen molar-refractivity contribution in [3.63, 3.8) is 0 Å². The van der Waals surface area contributed by atoms with Crippen molar-refractivity contribution in [2.75, 3.05) is 11.7 Å². The predicted octanol–water partition coefficient (Wildman–Crippen LogP) is 4.27.